The molecule has 22 heavy (non-hydrogen) atoms. The molecular formula is C15H18N4O3. The lowest BCUT2D eigenvalue weighted by atomic mass is 10.1. The van der Waals surface area contributed by atoms with Crippen LogP contribution >= 0.6 is 0 Å². The summed E-state index contributed by atoms with van der Waals surface area (Å²) in [4.78, 5) is 22.6. The van der Waals surface area contributed by atoms with Crippen molar-refractivity contribution >= 4 is 11.6 Å². The van der Waals surface area contributed by atoms with Crippen molar-refractivity contribution < 1.29 is 9.72 Å². The van der Waals surface area contributed by atoms with Gasteiger partial charge in [-0.2, -0.15) is 5.10 Å². The Bertz CT molecular complexity index is 709. The van der Waals surface area contributed by atoms with Gasteiger partial charge in [0.25, 0.3) is 5.69 Å². The van der Waals surface area contributed by atoms with Gasteiger partial charge in [0.15, 0.2) is 0 Å². The molecule has 2 rings (SSSR count). The second-order valence-electron chi connectivity index (χ2n) is 5.16. The van der Waals surface area contributed by atoms with Crippen LogP contribution in [0.3, 0.4) is 0 Å². The summed E-state index contributed by atoms with van der Waals surface area (Å²) < 4.78 is 1.74. The fourth-order valence-corrected chi connectivity index (χ4v) is 2.32. The quantitative estimate of drug-likeness (QED) is 0.676. The molecule has 7 heteroatoms. The molecule has 116 valence electrons. The molecule has 0 saturated heterocycles. The second-order valence-corrected chi connectivity index (χ2v) is 5.16. The summed E-state index contributed by atoms with van der Waals surface area (Å²) in [6.45, 7) is 3.79. The minimum atomic E-state index is -0.475. The number of hydrogen-bond donors (Lipinski definition) is 1. The predicted octanol–water partition coefficient (Wildman–Crippen LogP) is 2.06. The molecule has 1 unspecified atom stereocenters. The fourth-order valence-electron chi connectivity index (χ4n) is 2.32. The molecule has 1 atom stereocenters. The lowest BCUT2D eigenvalue weighted by molar-refractivity contribution is -0.385. The highest BCUT2D eigenvalue weighted by Gasteiger charge is 2.18. The van der Waals surface area contributed by atoms with E-state index in [0.29, 0.717) is 5.56 Å². The van der Waals surface area contributed by atoms with Crippen molar-refractivity contribution in [3.63, 3.8) is 0 Å². The number of benzene rings is 1. The first-order chi connectivity index (χ1) is 10.4. The average molecular weight is 302 g/mol. The van der Waals surface area contributed by atoms with Crippen LogP contribution in [0.15, 0.2) is 30.5 Å². The Morgan fingerprint density at radius 2 is 2.14 bits per heavy atom. The van der Waals surface area contributed by atoms with Gasteiger partial charge in [0, 0.05) is 29.9 Å². The average Bonchev–Trinajstić information content (AvgIpc) is 2.79. The van der Waals surface area contributed by atoms with Gasteiger partial charge in [0.2, 0.25) is 5.91 Å². The largest absolute Gasteiger partial charge is 0.349 e. The van der Waals surface area contributed by atoms with E-state index < -0.39 is 4.92 Å². The smallest absolute Gasteiger partial charge is 0.273 e. The van der Waals surface area contributed by atoms with E-state index in [0.717, 1.165) is 11.3 Å². The summed E-state index contributed by atoms with van der Waals surface area (Å²) in [7, 11) is 1.83. The van der Waals surface area contributed by atoms with Crippen LogP contribution in [0.4, 0.5) is 5.69 Å². The molecule has 0 bridgehead atoms. The van der Waals surface area contributed by atoms with Crippen LogP contribution in [0.1, 0.15) is 29.8 Å². The summed E-state index contributed by atoms with van der Waals surface area (Å²) in [5.41, 5.74) is 2.26. The molecule has 7 nitrogen and oxygen atoms in total. The fraction of sp³-hybridized carbons (Fsp3) is 0.333. The van der Waals surface area contributed by atoms with Crippen molar-refractivity contribution in [2.75, 3.05) is 0 Å². The normalized spacial score (nSPS) is 12.0. The predicted molar refractivity (Wildman–Crippen MR) is 81.3 cm³/mol. The van der Waals surface area contributed by atoms with Crippen molar-refractivity contribution in [2.45, 2.75) is 26.3 Å². The zero-order chi connectivity index (χ0) is 16.3. The van der Waals surface area contributed by atoms with Gasteiger partial charge in [0.1, 0.15) is 0 Å². The standard InChI is InChI=1S/C15H18N4O3/c1-10(13-9-16-18(3)11(13)2)17-15(20)8-12-6-4-5-7-14(12)19(21)22/h4-7,9-10H,8H2,1-3H3,(H,17,20). The molecule has 1 aromatic heterocycles. The van der Waals surface area contributed by atoms with E-state index in [1.165, 1.54) is 6.07 Å². The Morgan fingerprint density at radius 3 is 2.73 bits per heavy atom. The number of carbonyl (C=O) groups is 1. The number of amides is 1. The molecule has 0 fully saturated rings. The van der Waals surface area contributed by atoms with Crippen LogP contribution in [0, 0.1) is 17.0 Å². The Balaban J connectivity index is 2.08. The topological polar surface area (TPSA) is 90.1 Å². The molecule has 0 aliphatic heterocycles. The molecule has 1 aromatic carbocycles. The molecule has 1 N–H and O–H groups in total. The number of nitrogens with one attached hydrogen (secondary N) is 1. The SMILES string of the molecule is Cc1c(C(C)NC(=O)Cc2ccccc2[N+](=O)[O-])cnn1C. The minimum absolute atomic E-state index is 0.0270. The Hall–Kier alpha value is -2.70. The van der Waals surface area contributed by atoms with Crippen LogP contribution < -0.4 is 5.32 Å². The first-order valence-electron chi connectivity index (χ1n) is 6.90. The summed E-state index contributed by atoms with van der Waals surface area (Å²) in [6.07, 6.45) is 1.69. The molecule has 0 spiro atoms. The van der Waals surface area contributed by atoms with Crippen molar-refractivity contribution in [1.82, 2.24) is 15.1 Å². The lowest BCUT2D eigenvalue weighted by Crippen LogP contribution is -2.28. The van der Waals surface area contributed by atoms with Gasteiger partial charge in [-0.15, -0.1) is 0 Å². The number of nitro groups is 1. The number of nitro benzene ring substituents is 1. The Kier molecular flexibility index (Phi) is 4.55. The highest BCUT2D eigenvalue weighted by Crippen LogP contribution is 2.19. The van der Waals surface area contributed by atoms with Crippen molar-refractivity contribution in [1.29, 1.82) is 0 Å². The van der Waals surface area contributed by atoms with Crippen molar-refractivity contribution in [3.05, 3.63) is 57.4 Å². The van der Waals surface area contributed by atoms with Gasteiger partial charge >= 0.3 is 0 Å². The number of aryl methyl sites for hydroxylation is 1. The van der Waals surface area contributed by atoms with Crippen LogP contribution in [0.2, 0.25) is 0 Å². The highest BCUT2D eigenvalue weighted by atomic mass is 16.6. The summed E-state index contributed by atoms with van der Waals surface area (Å²) in [6, 6.07) is 6.06. The van der Waals surface area contributed by atoms with E-state index in [2.05, 4.69) is 10.4 Å². The monoisotopic (exact) mass is 302 g/mol. The second kappa shape index (κ2) is 6.38. The number of aromatic nitrogens is 2. The van der Waals surface area contributed by atoms with Crippen LogP contribution in [0.25, 0.3) is 0 Å². The Morgan fingerprint density at radius 1 is 1.45 bits per heavy atom. The number of rotatable bonds is 5. The van der Waals surface area contributed by atoms with Gasteiger partial charge in [-0.3, -0.25) is 19.6 Å². The molecule has 0 aliphatic carbocycles. The third-order valence-corrected chi connectivity index (χ3v) is 3.66. The molecule has 2 aromatic rings. The first-order valence-corrected chi connectivity index (χ1v) is 6.90. The van der Waals surface area contributed by atoms with Gasteiger partial charge in [0.05, 0.1) is 23.6 Å². The van der Waals surface area contributed by atoms with Crippen molar-refractivity contribution in [2.24, 2.45) is 7.05 Å². The van der Waals surface area contributed by atoms with Crippen molar-refractivity contribution in [3.8, 4) is 0 Å². The van der Waals surface area contributed by atoms with Gasteiger partial charge in [-0.05, 0) is 13.8 Å². The maximum Gasteiger partial charge on any atom is 0.273 e. The van der Waals surface area contributed by atoms with Gasteiger partial charge < -0.3 is 5.32 Å². The number of carbonyl (C=O) groups excluding carboxylic acids is 1. The maximum atomic E-state index is 12.1. The first kappa shape index (κ1) is 15.7. The number of nitrogens with zero attached hydrogens (tertiary/aromatic N) is 3. The Labute approximate surface area is 128 Å². The van der Waals surface area contributed by atoms with Gasteiger partial charge in [-0.25, -0.2) is 0 Å². The van der Waals surface area contributed by atoms with E-state index in [4.69, 9.17) is 0 Å². The van der Waals surface area contributed by atoms with E-state index in [1.807, 2.05) is 20.9 Å². The third-order valence-electron chi connectivity index (χ3n) is 3.66. The van der Waals surface area contributed by atoms with Gasteiger partial charge in [-0.1, -0.05) is 18.2 Å². The van der Waals surface area contributed by atoms with Crippen LogP contribution in [-0.4, -0.2) is 20.6 Å². The van der Waals surface area contributed by atoms with Crippen LogP contribution in [-0.2, 0) is 18.3 Å². The van der Waals surface area contributed by atoms with E-state index in [-0.39, 0.29) is 24.1 Å². The third kappa shape index (κ3) is 3.30. The minimum Gasteiger partial charge on any atom is -0.349 e. The molecule has 0 aliphatic rings. The van der Waals surface area contributed by atoms with E-state index in [9.17, 15) is 14.9 Å². The van der Waals surface area contributed by atoms with Crippen LogP contribution in [0.5, 0.6) is 0 Å². The summed E-state index contributed by atoms with van der Waals surface area (Å²) >= 11 is 0. The zero-order valence-corrected chi connectivity index (χ0v) is 12.7. The molecule has 1 amide bonds. The zero-order valence-electron chi connectivity index (χ0n) is 12.7. The summed E-state index contributed by atoms with van der Waals surface area (Å²) in [5.74, 6) is -0.259. The molecule has 0 saturated carbocycles. The van der Waals surface area contributed by atoms with E-state index >= 15 is 0 Å². The molecule has 0 radical (unpaired) electrons. The lowest BCUT2D eigenvalue weighted by Gasteiger charge is -2.13. The molecular weight excluding hydrogens is 284 g/mol. The summed E-state index contributed by atoms with van der Waals surface area (Å²) in [5, 5.41) is 17.9. The molecule has 1 heterocycles. The maximum absolute atomic E-state index is 12.1. The number of para-hydroxylation sites is 1. The highest BCUT2D eigenvalue weighted by molar-refractivity contribution is 5.80. The number of hydrogen-bond acceptors (Lipinski definition) is 4. The van der Waals surface area contributed by atoms with E-state index in [1.54, 1.807) is 29.1 Å².